The molecule has 0 bridgehead atoms. The van der Waals surface area contributed by atoms with Gasteiger partial charge in [0.1, 0.15) is 5.57 Å². The van der Waals surface area contributed by atoms with Crippen molar-refractivity contribution in [2.24, 2.45) is 0 Å². The monoisotopic (exact) mass is 461 g/mol. The zero-order valence-electron chi connectivity index (χ0n) is 18.1. The Morgan fingerprint density at radius 2 is 1.70 bits per heavy atom. The third-order valence-electron chi connectivity index (χ3n) is 6.49. The smallest absolute Gasteiger partial charge is 0.331 e. The maximum absolute atomic E-state index is 13.3. The number of benzene rings is 2. The molecule has 1 saturated heterocycles. The number of barbiturate groups is 1. The van der Waals surface area contributed by atoms with Crippen molar-refractivity contribution in [2.45, 2.75) is 44.7 Å². The summed E-state index contributed by atoms with van der Waals surface area (Å²) >= 11 is 6.37. The van der Waals surface area contributed by atoms with Crippen LogP contribution in [0.25, 0.3) is 17.0 Å². The fraction of sp³-hybridized carbons (Fsp3) is 0.269. The number of nitrogens with one attached hydrogen (secondary N) is 1. The maximum atomic E-state index is 13.3. The number of hydrogen-bond acceptors (Lipinski definition) is 3. The number of rotatable bonds is 4. The predicted octanol–water partition coefficient (Wildman–Crippen LogP) is 5.14. The van der Waals surface area contributed by atoms with E-state index in [1.807, 2.05) is 54.7 Å². The average molecular weight is 462 g/mol. The van der Waals surface area contributed by atoms with Gasteiger partial charge in [0.2, 0.25) is 0 Å². The Labute approximate surface area is 196 Å². The highest BCUT2D eigenvalue weighted by Gasteiger charge is 2.40. The van der Waals surface area contributed by atoms with Crippen LogP contribution in [0.3, 0.4) is 0 Å². The summed E-state index contributed by atoms with van der Waals surface area (Å²) in [4.78, 5) is 39.7. The van der Waals surface area contributed by atoms with E-state index >= 15 is 0 Å². The van der Waals surface area contributed by atoms with Crippen molar-refractivity contribution in [1.29, 1.82) is 0 Å². The number of carbonyl (C=O) groups excluding carboxylic acids is 3. The Kier molecular flexibility index (Phi) is 5.77. The van der Waals surface area contributed by atoms with Crippen molar-refractivity contribution in [3.8, 4) is 0 Å². The lowest BCUT2D eigenvalue weighted by Crippen LogP contribution is -2.58. The second-order valence-electron chi connectivity index (χ2n) is 8.61. The van der Waals surface area contributed by atoms with E-state index in [9.17, 15) is 14.4 Å². The third-order valence-corrected chi connectivity index (χ3v) is 6.86. The van der Waals surface area contributed by atoms with Crippen LogP contribution in [0, 0.1) is 0 Å². The molecule has 1 aliphatic carbocycles. The molecule has 168 valence electrons. The molecule has 7 heteroatoms. The molecule has 2 aliphatic rings. The second kappa shape index (κ2) is 8.87. The van der Waals surface area contributed by atoms with Gasteiger partial charge in [-0.05, 0) is 36.6 Å². The van der Waals surface area contributed by atoms with Crippen LogP contribution in [0.1, 0.15) is 43.2 Å². The molecule has 1 N–H and O–H groups in total. The number of aromatic nitrogens is 1. The van der Waals surface area contributed by atoms with E-state index in [1.54, 1.807) is 6.08 Å². The molecule has 33 heavy (non-hydrogen) atoms. The standard InChI is InChI=1S/C26H24ClN3O3/c27-22-12-6-4-8-17(22)15-29-16-18(20-11-5-7-13-23(20)29)14-21-24(31)28-26(33)30(25(21)32)19-9-2-1-3-10-19/h4-8,11-14,16,19H,1-3,9-10,15H2,(H,28,31,33)/b21-14+. The molecule has 0 radical (unpaired) electrons. The van der Waals surface area contributed by atoms with Gasteiger partial charge in [0.05, 0.1) is 0 Å². The third kappa shape index (κ3) is 4.07. The Morgan fingerprint density at radius 1 is 0.970 bits per heavy atom. The van der Waals surface area contributed by atoms with Crippen LogP contribution in [0.5, 0.6) is 0 Å². The number of carbonyl (C=O) groups is 3. The highest BCUT2D eigenvalue weighted by molar-refractivity contribution is 6.32. The van der Waals surface area contributed by atoms with Gasteiger partial charge in [-0.15, -0.1) is 0 Å². The zero-order valence-corrected chi connectivity index (χ0v) is 18.8. The number of imide groups is 2. The topological polar surface area (TPSA) is 71.4 Å². The van der Waals surface area contributed by atoms with Gasteiger partial charge < -0.3 is 4.57 Å². The zero-order chi connectivity index (χ0) is 22.9. The number of fused-ring (bicyclic) bond motifs is 1. The summed E-state index contributed by atoms with van der Waals surface area (Å²) in [5.74, 6) is -1.17. The van der Waals surface area contributed by atoms with Crippen LogP contribution in [0.4, 0.5) is 4.79 Å². The van der Waals surface area contributed by atoms with Crippen LogP contribution in [-0.4, -0.2) is 33.4 Å². The SMILES string of the molecule is O=C1NC(=O)N(C2CCCCC2)C(=O)/C1=C/c1cn(Cc2ccccc2Cl)c2ccccc12. The van der Waals surface area contributed by atoms with E-state index in [0.29, 0.717) is 11.6 Å². The summed E-state index contributed by atoms with van der Waals surface area (Å²) in [6, 6.07) is 14.7. The molecule has 3 aromatic rings. The number of para-hydroxylation sites is 1. The molecule has 0 atom stereocenters. The van der Waals surface area contributed by atoms with Gasteiger partial charge in [0.15, 0.2) is 0 Å². The van der Waals surface area contributed by atoms with E-state index < -0.39 is 17.8 Å². The summed E-state index contributed by atoms with van der Waals surface area (Å²) in [6.07, 6.45) is 8.13. The molecule has 1 aliphatic heterocycles. The second-order valence-corrected chi connectivity index (χ2v) is 9.01. The fourth-order valence-corrected chi connectivity index (χ4v) is 5.02. The molecule has 0 spiro atoms. The molecular formula is C26H24ClN3O3. The molecule has 6 nitrogen and oxygen atoms in total. The molecule has 2 heterocycles. The first-order valence-electron chi connectivity index (χ1n) is 11.2. The number of urea groups is 1. The van der Waals surface area contributed by atoms with Crippen molar-refractivity contribution < 1.29 is 14.4 Å². The van der Waals surface area contributed by atoms with Gasteiger partial charge in [-0.1, -0.05) is 67.3 Å². The number of nitrogens with zero attached hydrogens (tertiary/aromatic N) is 2. The Bertz CT molecular complexity index is 1290. The van der Waals surface area contributed by atoms with Crippen LogP contribution < -0.4 is 5.32 Å². The van der Waals surface area contributed by atoms with Crippen LogP contribution >= 0.6 is 11.6 Å². The van der Waals surface area contributed by atoms with Crippen molar-refractivity contribution in [2.75, 3.05) is 0 Å². The van der Waals surface area contributed by atoms with Gasteiger partial charge in [-0.3, -0.25) is 19.8 Å². The Hall–Kier alpha value is -3.38. The van der Waals surface area contributed by atoms with E-state index in [1.165, 1.54) is 4.90 Å². The maximum Gasteiger partial charge on any atom is 0.331 e. The molecule has 5 rings (SSSR count). The molecule has 0 unspecified atom stereocenters. The van der Waals surface area contributed by atoms with Crippen LogP contribution in [0.15, 0.2) is 60.3 Å². The minimum absolute atomic E-state index is 0.0131. The van der Waals surface area contributed by atoms with Gasteiger partial charge in [-0.25, -0.2) is 4.79 Å². The van der Waals surface area contributed by atoms with Gasteiger partial charge >= 0.3 is 6.03 Å². The molecule has 2 aromatic carbocycles. The van der Waals surface area contributed by atoms with Crippen molar-refractivity contribution in [3.05, 3.63) is 76.5 Å². The van der Waals surface area contributed by atoms with Gasteiger partial charge in [0.25, 0.3) is 11.8 Å². The molecule has 4 amide bonds. The Balaban J connectivity index is 1.54. The minimum atomic E-state index is -0.653. The van der Waals surface area contributed by atoms with Crippen molar-refractivity contribution in [1.82, 2.24) is 14.8 Å². The highest BCUT2D eigenvalue weighted by Crippen LogP contribution is 2.29. The number of amides is 4. The summed E-state index contributed by atoms with van der Waals surface area (Å²) in [5, 5.41) is 3.96. The quantitative estimate of drug-likeness (QED) is 0.432. The van der Waals surface area contributed by atoms with Crippen molar-refractivity contribution in [3.63, 3.8) is 0 Å². The summed E-state index contributed by atoms with van der Waals surface area (Å²) in [6.45, 7) is 0.552. The number of halogens is 1. The van der Waals surface area contributed by atoms with E-state index in [4.69, 9.17) is 11.6 Å². The molecule has 2 fully saturated rings. The first kappa shape index (κ1) is 21.5. The first-order valence-corrected chi connectivity index (χ1v) is 11.6. The summed E-state index contributed by atoms with van der Waals surface area (Å²) < 4.78 is 2.05. The van der Waals surface area contributed by atoms with E-state index in [0.717, 1.165) is 54.1 Å². The molecule has 1 saturated carbocycles. The lowest BCUT2D eigenvalue weighted by molar-refractivity contribution is -0.132. The first-order chi connectivity index (χ1) is 16.0. The Morgan fingerprint density at radius 3 is 2.48 bits per heavy atom. The van der Waals surface area contributed by atoms with Gasteiger partial charge in [0, 0.05) is 40.3 Å². The lowest BCUT2D eigenvalue weighted by Gasteiger charge is -2.35. The summed E-state index contributed by atoms with van der Waals surface area (Å²) in [7, 11) is 0. The highest BCUT2D eigenvalue weighted by atomic mass is 35.5. The fourth-order valence-electron chi connectivity index (χ4n) is 4.83. The summed E-state index contributed by atoms with van der Waals surface area (Å²) in [5.41, 5.74) is 2.67. The lowest BCUT2D eigenvalue weighted by atomic mass is 9.93. The van der Waals surface area contributed by atoms with Crippen molar-refractivity contribution >= 4 is 46.4 Å². The van der Waals surface area contributed by atoms with Gasteiger partial charge in [-0.2, -0.15) is 0 Å². The van der Waals surface area contributed by atoms with Crippen LogP contribution in [-0.2, 0) is 16.1 Å². The number of hydrogen-bond donors (Lipinski definition) is 1. The molecular weight excluding hydrogens is 438 g/mol. The van der Waals surface area contributed by atoms with E-state index in [-0.39, 0.29) is 11.6 Å². The van der Waals surface area contributed by atoms with Crippen LogP contribution in [0.2, 0.25) is 5.02 Å². The largest absolute Gasteiger partial charge is 0.342 e. The molecule has 1 aromatic heterocycles. The minimum Gasteiger partial charge on any atom is -0.342 e. The normalized spacial score (nSPS) is 18.9. The predicted molar refractivity (Wildman–Crippen MR) is 128 cm³/mol. The van der Waals surface area contributed by atoms with E-state index in [2.05, 4.69) is 9.88 Å². The average Bonchev–Trinajstić information content (AvgIpc) is 3.16.